The van der Waals surface area contributed by atoms with Gasteiger partial charge in [-0.1, -0.05) is 20.8 Å². The standard InChI is InChI=1S/C19H19FN6OS2/c1-9-16(29-14(22-9)7-21-18(27)19(2,3)4)13-8-28-17(23-13)10-5-11(20)15-12(6-10)24-26-25-15/h5-6,8H,7H2,1-4H3,(H,21,27)(H,24,25,26). The molecular formula is C19H19FN6OS2. The molecule has 1 amide bonds. The third kappa shape index (κ3) is 3.90. The SMILES string of the molecule is Cc1nc(CNC(=O)C(C)(C)C)sc1-c1csc(-c2cc(F)c3n[nH]nc3c2)n1. The molecule has 0 fully saturated rings. The molecule has 29 heavy (non-hydrogen) atoms. The number of nitrogens with one attached hydrogen (secondary N) is 2. The zero-order chi connectivity index (χ0) is 20.8. The van der Waals surface area contributed by atoms with E-state index in [9.17, 15) is 9.18 Å². The van der Waals surface area contributed by atoms with Crippen molar-refractivity contribution in [2.75, 3.05) is 0 Å². The van der Waals surface area contributed by atoms with Crippen LogP contribution in [0.25, 0.3) is 32.2 Å². The van der Waals surface area contributed by atoms with Crippen LogP contribution in [0.15, 0.2) is 17.5 Å². The number of fused-ring (bicyclic) bond motifs is 1. The molecular weight excluding hydrogens is 411 g/mol. The van der Waals surface area contributed by atoms with Crippen LogP contribution in [0, 0.1) is 18.2 Å². The van der Waals surface area contributed by atoms with Crippen molar-refractivity contribution in [3.63, 3.8) is 0 Å². The molecule has 0 saturated heterocycles. The fraction of sp³-hybridized carbons (Fsp3) is 0.316. The van der Waals surface area contributed by atoms with Gasteiger partial charge >= 0.3 is 0 Å². The zero-order valence-electron chi connectivity index (χ0n) is 16.3. The van der Waals surface area contributed by atoms with E-state index in [1.54, 1.807) is 6.07 Å². The molecule has 4 rings (SSSR count). The number of aromatic nitrogens is 5. The maximum atomic E-state index is 14.2. The molecule has 0 bridgehead atoms. The molecule has 0 aliphatic carbocycles. The van der Waals surface area contributed by atoms with Crippen LogP contribution >= 0.6 is 22.7 Å². The third-order valence-electron chi connectivity index (χ3n) is 4.28. The first-order valence-electron chi connectivity index (χ1n) is 8.93. The van der Waals surface area contributed by atoms with E-state index in [2.05, 4.69) is 30.7 Å². The Morgan fingerprint density at radius 1 is 1.24 bits per heavy atom. The molecule has 7 nitrogen and oxygen atoms in total. The normalized spacial score (nSPS) is 11.9. The van der Waals surface area contributed by atoms with Crippen molar-refractivity contribution in [2.45, 2.75) is 34.2 Å². The highest BCUT2D eigenvalue weighted by Gasteiger charge is 2.21. The zero-order valence-corrected chi connectivity index (χ0v) is 18.0. The summed E-state index contributed by atoms with van der Waals surface area (Å²) in [5.74, 6) is -0.457. The van der Waals surface area contributed by atoms with Crippen molar-refractivity contribution in [2.24, 2.45) is 5.41 Å². The smallest absolute Gasteiger partial charge is 0.225 e. The Balaban J connectivity index is 1.58. The maximum Gasteiger partial charge on any atom is 0.225 e. The summed E-state index contributed by atoms with van der Waals surface area (Å²) in [6, 6.07) is 3.18. The highest BCUT2D eigenvalue weighted by Crippen LogP contribution is 2.35. The number of carbonyl (C=O) groups is 1. The monoisotopic (exact) mass is 430 g/mol. The molecule has 0 saturated carbocycles. The Kier molecular flexibility index (Phi) is 4.91. The minimum Gasteiger partial charge on any atom is -0.349 e. The molecule has 0 atom stereocenters. The van der Waals surface area contributed by atoms with Crippen LogP contribution in [0.5, 0.6) is 0 Å². The number of amides is 1. The summed E-state index contributed by atoms with van der Waals surface area (Å²) in [6.45, 7) is 7.92. The summed E-state index contributed by atoms with van der Waals surface area (Å²) in [7, 11) is 0. The van der Waals surface area contributed by atoms with Gasteiger partial charge < -0.3 is 5.32 Å². The van der Waals surface area contributed by atoms with E-state index in [-0.39, 0.29) is 11.4 Å². The van der Waals surface area contributed by atoms with Gasteiger partial charge in [-0.25, -0.2) is 14.4 Å². The number of H-pyrrole nitrogens is 1. The molecule has 3 heterocycles. The van der Waals surface area contributed by atoms with E-state index >= 15 is 0 Å². The van der Waals surface area contributed by atoms with E-state index < -0.39 is 11.2 Å². The van der Waals surface area contributed by atoms with Gasteiger partial charge in [-0.3, -0.25) is 4.79 Å². The number of thiazole rings is 2. The number of halogens is 1. The van der Waals surface area contributed by atoms with Crippen LogP contribution in [0.4, 0.5) is 4.39 Å². The molecule has 0 aliphatic heterocycles. The first-order valence-corrected chi connectivity index (χ1v) is 10.6. The molecule has 10 heteroatoms. The largest absolute Gasteiger partial charge is 0.349 e. The van der Waals surface area contributed by atoms with Crippen molar-refractivity contribution < 1.29 is 9.18 Å². The number of nitrogens with zero attached hydrogens (tertiary/aromatic N) is 4. The lowest BCUT2D eigenvalue weighted by molar-refractivity contribution is -0.128. The van der Waals surface area contributed by atoms with Crippen molar-refractivity contribution in [1.82, 2.24) is 30.7 Å². The first kappa shape index (κ1) is 19.6. The Morgan fingerprint density at radius 3 is 2.79 bits per heavy atom. The Hall–Kier alpha value is -2.72. The molecule has 0 aliphatic rings. The molecule has 2 N–H and O–H groups in total. The Morgan fingerprint density at radius 2 is 2.03 bits per heavy atom. The van der Waals surface area contributed by atoms with Gasteiger partial charge in [0.15, 0.2) is 5.82 Å². The minimum atomic E-state index is -0.445. The molecule has 4 aromatic rings. The predicted molar refractivity (Wildman–Crippen MR) is 112 cm³/mol. The fourth-order valence-electron chi connectivity index (χ4n) is 2.73. The molecule has 1 aromatic carbocycles. The van der Waals surface area contributed by atoms with Crippen LogP contribution in [0.1, 0.15) is 31.5 Å². The van der Waals surface area contributed by atoms with Gasteiger partial charge in [0.2, 0.25) is 5.91 Å². The van der Waals surface area contributed by atoms with Gasteiger partial charge in [-0.2, -0.15) is 15.4 Å². The number of aromatic amines is 1. The lowest BCUT2D eigenvalue weighted by Gasteiger charge is -2.16. The van der Waals surface area contributed by atoms with E-state index in [1.165, 1.54) is 28.7 Å². The molecule has 0 unspecified atom stereocenters. The number of carbonyl (C=O) groups excluding carboxylic acids is 1. The van der Waals surface area contributed by atoms with Crippen molar-refractivity contribution >= 4 is 39.6 Å². The van der Waals surface area contributed by atoms with Gasteiger partial charge in [-0.15, -0.1) is 22.7 Å². The fourth-order valence-corrected chi connectivity index (χ4v) is 4.57. The number of rotatable bonds is 4. The number of aryl methyl sites for hydroxylation is 1. The number of benzene rings is 1. The quantitative estimate of drug-likeness (QED) is 0.503. The number of hydrogen-bond acceptors (Lipinski definition) is 7. The molecule has 0 spiro atoms. The van der Waals surface area contributed by atoms with E-state index in [0.29, 0.717) is 22.6 Å². The van der Waals surface area contributed by atoms with Gasteiger partial charge in [0.05, 0.1) is 22.8 Å². The lowest BCUT2D eigenvalue weighted by atomic mass is 9.96. The topological polar surface area (TPSA) is 96.5 Å². The lowest BCUT2D eigenvalue weighted by Crippen LogP contribution is -2.34. The minimum absolute atomic E-state index is 0.0203. The van der Waals surface area contributed by atoms with Gasteiger partial charge in [0.1, 0.15) is 21.0 Å². The van der Waals surface area contributed by atoms with Crippen LogP contribution in [-0.4, -0.2) is 31.3 Å². The van der Waals surface area contributed by atoms with Crippen molar-refractivity contribution in [3.8, 4) is 21.1 Å². The Labute approximate surface area is 174 Å². The second kappa shape index (κ2) is 7.27. The van der Waals surface area contributed by atoms with E-state index in [4.69, 9.17) is 0 Å². The number of hydrogen-bond donors (Lipinski definition) is 2. The third-order valence-corrected chi connectivity index (χ3v) is 6.35. The molecule has 3 aromatic heterocycles. The van der Waals surface area contributed by atoms with Gasteiger partial charge in [0, 0.05) is 16.4 Å². The second-order valence-electron chi connectivity index (χ2n) is 7.64. The maximum absolute atomic E-state index is 14.2. The summed E-state index contributed by atoms with van der Waals surface area (Å²) in [5, 5.41) is 16.6. The van der Waals surface area contributed by atoms with Crippen LogP contribution in [0.3, 0.4) is 0 Å². The summed E-state index contributed by atoms with van der Waals surface area (Å²) >= 11 is 2.93. The summed E-state index contributed by atoms with van der Waals surface area (Å²) in [5.41, 5.74) is 2.52. The molecule has 150 valence electrons. The van der Waals surface area contributed by atoms with Crippen LogP contribution < -0.4 is 5.32 Å². The van der Waals surface area contributed by atoms with E-state index in [1.807, 2.05) is 33.1 Å². The summed E-state index contributed by atoms with van der Waals surface area (Å²) < 4.78 is 14.2. The van der Waals surface area contributed by atoms with Gasteiger partial charge in [-0.05, 0) is 19.1 Å². The predicted octanol–water partition coefficient (Wildman–Crippen LogP) is 4.31. The van der Waals surface area contributed by atoms with Crippen LogP contribution in [0.2, 0.25) is 0 Å². The van der Waals surface area contributed by atoms with Gasteiger partial charge in [0.25, 0.3) is 0 Å². The first-order chi connectivity index (χ1) is 13.7. The highest BCUT2D eigenvalue weighted by molar-refractivity contribution is 7.16. The van der Waals surface area contributed by atoms with E-state index in [0.717, 1.165) is 21.3 Å². The van der Waals surface area contributed by atoms with Crippen LogP contribution in [-0.2, 0) is 11.3 Å². The Bertz CT molecular complexity index is 1200. The average Bonchev–Trinajstić information content (AvgIpc) is 3.37. The highest BCUT2D eigenvalue weighted by atomic mass is 32.1. The average molecular weight is 431 g/mol. The second-order valence-corrected chi connectivity index (χ2v) is 9.58. The summed E-state index contributed by atoms with van der Waals surface area (Å²) in [4.78, 5) is 22.2. The summed E-state index contributed by atoms with van der Waals surface area (Å²) in [6.07, 6.45) is 0. The molecule has 0 radical (unpaired) electrons. The van der Waals surface area contributed by atoms with Crippen molar-refractivity contribution in [1.29, 1.82) is 0 Å². The van der Waals surface area contributed by atoms with Crippen molar-refractivity contribution in [3.05, 3.63) is 34.0 Å².